The molecule has 0 aliphatic heterocycles. The molecule has 3 rings (SSSR count). The molecule has 0 saturated heterocycles. The molecule has 0 heterocycles. The Morgan fingerprint density at radius 2 is 1.95 bits per heavy atom. The molecule has 0 unspecified atom stereocenters. The van der Waals surface area contributed by atoms with E-state index in [0.717, 1.165) is 27.7 Å². The number of benzene rings is 2. The van der Waals surface area contributed by atoms with Gasteiger partial charge in [0.15, 0.2) is 0 Å². The van der Waals surface area contributed by atoms with Crippen LogP contribution in [0, 0.1) is 3.57 Å². The van der Waals surface area contributed by atoms with Gasteiger partial charge in [0.2, 0.25) is 0 Å². The van der Waals surface area contributed by atoms with E-state index < -0.39 is 0 Å². The van der Waals surface area contributed by atoms with Crippen molar-refractivity contribution in [2.45, 2.75) is 25.4 Å². The van der Waals surface area contributed by atoms with E-state index in [9.17, 15) is 0 Å². The number of rotatable bonds is 5. The molecule has 2 nitrogen and oxygen atoms in total. The molecule has 0 radical (unpaired) electrons. The first-order chi connectivity index (χ1) is 9.31. The van der Waals surface area contributed by atoms with Crippen molar-refractivity contribution in [3.8, 4) is 11.5 Å². The van der Waals surface area contributed by atoms with Crippen LogP contribution in [0.2, 0.25) is 0 Å². The molecular weight excluding hydrogens is 349 g/mol. The van der Waals surface area contributed by atoms with Crippen LogP contribution >= 0.6 is 22.6 Å². The van der Waals surface area contributed by atoms with Crippen molar-refractivity contribution in [1.82, 2.24) is 5.32 Å². The van der Waals surface area contributed by atoms with Gasteiger partial charge < -0.3 is 10.1 Å². The molecule has 1 aliphatic rings. The predicted molar refractivity (Wildman–Crippen MR) is 85.5 cm³/mol. The van der Waals surface area contributed by atoms with E-state index in [0.29, 0.717) is 0 Å². The SMILES string of the molecule is Ic1ccccc1Oc1cccc(CNC2CC2)c1. The fraction of sp³-hybridized carbons (Fsp3) is 0.250. The van der Waals surface area contributed by atoms with Crippen molar-refractivity contribution in [2.24, 2.45) is 0 Å². The largest absolute Gasteiger partial charge is 0.456 e. The smallest absolute Gasteiger partial charge is 0.140 e. The van der Waals surface area contributed by atoms with Gasteiger partial charge in [0, 0.05) is 12.6 Å². The van der Waals surface area contributed by atoms with Gasteiger partial charge in [0.25, 0.3) is 0 Å². The molecule has 0 amide bonds. The maximum absolute atomic E-state index is 5.94. The Morgan fingerprint density at radius 3 is 2.74 bits per heavy atom. The van der Waals surface area contributed by atoms with Crippen molar-refractivity contribution in [3.05, 3.63) is 57.7 Å². The monoisotopic (exact) mass is 365 g/mol. The average molecular weight is 365 g/mol. The molecular formula is C16H16INO. The van der Waals surface area contributed by atoms with Crippen LogP contribution in [-0.4, -0.2) is 6.04 Å². The summed E-state index contributed by atoms with van der Waals surface area (Å²) in [7, 11) is 0. The molecule has 1 fully saturated rings. The fourth-order valence-corrected chi connectivity index (χ4v) is 2.42. The summed E-state index contributed by atoms with van der Waals surface area (Å²) >= 11 is 2.29. The molecule has 3 heteroatoms. The second-order valence-corrected chi connectivity index (χ2v) is 6.00. The van der Waals surface area contributed by atoms with Gasteiger partial charge in [-0.25, -0.2) is 0 Å². The summed E-state index contributed by atoms with van der Waals surface area (Å²) in [6.45, 7) is 0.924. The minimum absolute atomic E-state index is 0.736. The molecule has 2 aromatic carbocycles. The van der Waals surface area contributed by atoms with Gasteiger partial charge in [-0.2, -0.15) is 0 Å². The first-order valence-electron chi connectivity index (χ1n) is 6.56. The Balaban J connectivity index is 1.70. The van der Waals surface area contributed by atoms with Crippen molar-refractivity contribution in [2.75, 3.05) is 0 Å². The Morgan fingerprint density at radius 1 is 1.11 bits per heavy atom. The van der Waals surface area contributed by atoms with Gasteiger partial charge in [-0.05, 0) is 65.3 Å². The van der Waals surface area contributed by atoms with E-state index in [-0.39, 0.29) is 0 Å². The van der Waals surface area contributed by atoms with Crippen LogP contribution in [0.5, 0.6) is 11.5 Å². The lowest BCUT2D eigenvalue weighted by atomic mass is 10.2. The van der Waals surface area contributed by atoms with Gasteiger partial charge in [0.1, 0.15) is 11.5 Å². The van der Waals surface area contributed by atoms with Crippen molar-refractivity contribution >= 4 is 22.6 Å². The summed E-state index contributed by atoms with van der Waals surface area (Å²) in [4.78, 5) is 0. The van der Waals surface area contributed by atoms with Crippen LogP contribution in [0.3, 0.4) is 0 Å². The molecule has 1 saturated carbocycles. The van der Waals surface area contributed by atoms with Crippen molar-refractivity contribution in [3.63, 3.8) is 0 Å². The highest BCUT2D eigenvalue weighted by Crippen LogP contribution is 2.27. The zero-order valence-electron chi connectivity index (χ0n) is 10.6. The zero-order chi connectivity index (χ0) is 13.1. The molecule has 0 aromatic heterocycles. The van der Waals surface area contributed by atoms with Gasteiger partial charge in [-0.15, -0.1) is 0 Å². The standard InChI is InChI=1S/C16H16INO/c17-15-6-1-2-7-16(15)19-14-5-3-4-12(10-14)11-18-13-8-9-13/h1-7,10,13,18H,8-9,11H2. The Labute approximate surface area is 127 Å². The number of hydrogen-bond donors (Lipinski definition) is 1. The summed E-state index contributed by atoms with van der Waals surface area (Å²) in [5.41, 5.74) is 1.27. The minimum Gasteiger partial charge on any atom is -0.456 e. The summed E-state index contributed by atoms with van der Waals surface area (Å²) in [5, 5.41) is 3.52. The first-order valence-corrected chi connectivity index (χ1v) is 7.64. The Hall–Kier alpha value is -1.07. The molecule has 98 valence electrons. The number of para-hydroxylation sites is 1. The normalized spacial score (nSPS) is 14.4. The van der Waals surface area contributed by atoms with E-state index in [1.165, 1.54) is 18.4 Å². The second-order valence-electron chi connectivity index (χ2n) is 4.84. The summed E-state index contributed by atoms with van der Waals surface area (Å²) < 4.78 is 7.06. The first kappa shape index (κ1) is 12.9. The third kappa shape index (κ3) is 3.70. The van der Waals surface area contributed by atoms with Crippen LogP contribution in [0.25, 0.3) is 0 Å². The maximum atomic E-state index is 5.94. The fourth-order valence-electron chi connectivity index (χ4n) is 1.92. The van der Waals surface area contributed by atoms with Gasteiger partial charge in [-0.1, -0.05) is 24.3 Å². The van der Waals surface area contributed by atoms with Crippen LogP contribution in [0.4, 0.5) is 0 Å². The number of nitrogens with one attached hydrogen (secondary N) is 1. The number of halogens is 1. The van der Waals surface area contributed by atoms with E-state index >= 15 is 0 Å². The number of ether oxygens (including phenoxy) is 1. The molecule has 1 aliphatic carbocycles. The van der Waals surface area contributed by atoms with E-state index in [1.807, 2.05) is 30.3 Å². The maximum Gasteiger partial charge on any atom is 0.140 e. The molecule has 0 spiro atoms. The van der Waals surface area contributed by atoms with Crippen LogP contribution in [-0.2, 0) is 6.54 Å². The highest BCUT2D eigenvalue weighted by Gasteiger charge is 2.19. The van der Waals surface area contributed by atoms with Crippen molar-refractivity contribution < 1.29 is 4.74 Å². The Bertz CT molecular complexity index is 566. The highest BCUT2D eigenvalue weighted by molar-refractivity contribution is 14.1. The average Bonchev–Trinajstić information content (AvgIpc) is 3.24. The van der Waals surface area contributed by atoms with Crippen LogP contribution in [0.15, 0.2) is 48.5 Å². The van der Waals surface area contributed by atoms with Crippen molar-refractivity contribution in [1.29, 1.82) is 0 Å². The predicted octanol–water partition coefficient (Wildman–Crippen LogP) is 4.34. The number of hydrogen-bond acceptors (Lipinski definition) is 2. The zero-order valence-corrected chi connectivity index (χ0v) is 12.8. The molecule has 0 bridgehead atoms. The lowest BCUT2D eigenvalue weighted by molar-refractivity contribution is 0.478. The van der Waals surface area contributed by atoms with E-state index in [2.05, 4.69) is 46.1 Å². The molecule has 1 N–H and O–H groups in total. The van der Waals surface area contributed by atoms with E-state index in [1.54, 1.807) is 0 Å². The second kappa shape index (κ2) is 5.92. The summed E-state index contributed by atoms with van der Waals surface area (Å²) in [6, 6.07) is 17.1. The quantitative estimate of drug-likeness (QED) is 0.797. The summed E-state index contributed by atoms with van der Waals surface area (Å²) in [6.07, 6.45) is 2.64. The van der Waals surface area contributed by atoms with Gasteiger partial charge in [0.05, 0.1) is 3.57 Å². The van der Waals surface area contributed by atoms with E-state index in [4.69, 9.17) is 4.74 Å². The highest BCUT2D eigenvalue weighted by atomic mass is 127. The lowest BCUT2D eigenvalue weighted by Crippen LogP contribution is -2.15. The van der Waals surface area contributed by atoms with Crippen LogP contribution in [0.1, 0.15) is 18.4 Å². The van der Waals surface area contributed by atoms with Gasteiger partial charge in [-0.3, -0.25) is 0 Å². The molecule has 0 atom stereocenters. The third-order valence-corrected chi connectivity index (χ3v) is 4.03. The Kier molecular flexibility index (Phi) is 4.03. The molecule has 19 heavy (non-hydrogen) atoms. The molecule has 2 aromatic rings. The summed E-state index contributed by atoms with van der Waals surface area (Å²) in [5.74, 6) is 1.81. The third-order valence-electron chi connectivity index (χ3n) is 3.14. The lowest BCUT2D eigenvalue weighted by Gasteiger charge is -2.09. The van der Waals surface area contributed by atoms with Gasteiger partial charge >= 0.3 is 0 Å². The minimum atomic E-state index is 0.736. The van der Waals surface area contributed by atoms with Crippen LogP contribution < -0.4 is 10.1 Å². The topological polar surface area (TPSA) is 21.3 Å².